The van der Waals surface area contributed by atoms with Crippen LogP contribution in [0.1, 0.15) is 12.8 Å². The van der Waals surface area contributed by atoms with Gasteiger partial charge in [-0.25, -0.2) is 9.59 Å². The third-order valence-electron chi connectivity index (χ3n) is 2.14. The van der Waals surface area contributed by atoms with Crippen LogP contribution >= 0.6 is 0 Å². The maximum Gasteiger partial charge on any atom is 0.326 e. The Labute approximate surface area is 105 Å². The first-order valence-electron chi connectivity index (χ1n) is 5.17. The maximum absolute atomic E-state index is 11.5. The maximum atomic E-state index is 11.5. The molecular weight excluding hydrogens is 240 g/mol. The van der Waals surface area contributed by atoms with E-state index in [1.54, 1.807) is 0 Å². The van der Waals surface area contributed by atoms with E-state index < -0.39 is 24.0 Å². The average Bonchev–Trinajstić information content (AvgIpc) is 2.33. The molecule has 0 fully saturated rings. The van der Waals surface area contributed by atoms with Crippen molar-refractivity contribution in [2.75, 3.05) is 20.7 Å². The van der Waals surface area contributed by atoms with Gasteiger partial charge in [-0.15, -0.1) is 6.42 Å². The van der Waals surface area contributed by atoms with Gasteiger partial charge in [-0.05, 0) is 6.42 Å². The van der Waals surface area contributed by atoms with Crippen LogP contribution in [-0.2, 0) is 14.3 Å². The van der Waals surface area contributed by atoms with Crippen LogP contribution < -0.4 is 5.32 Å². The highest BCUT2D eigenvalue weighted by Gasteiger charge is 2.22. The standard InChI is InChI=1S/C11H16N2O5/c1-4-7-13(2)11(17)12-8(10(15)16)5-6-9(14)18-3/h1,8H,5-7H2,2-3H3,(H,12,17)(H,15,16)/t8-/m0/s1. The van der Waals surface area contributed by atoms with Crippen LogP contribution in [0, 0.1) is 12.3 Å². The predicted octanol–water partition coefficient (Wildman–Crippen LogP) is -0.333. The van der Waals surface area contributed by atoms with E-state index in [1.165, 1.54) is 14.2 Å². The summed E-state index contributed by atoms with van der Waals surface area (Å²) >= 11 is 0. The first-order chi connectivity index (χ1) is 8.42. The fourth-order valence-corrected chi connectivity index (χ4v) is 1.09. The molecule has 0 aromatic heterocycles. The number of carboxylic acid groups (broad SMARTS) is 1. The first kappa shape index (κ1) is 15.8. The molecule has 0 heterocycles. The van der Waals surface area contributed by atoms with Crippen molar-refractivity contribution in [3.63, 3.8) is 0 Å². The second-order valence-electron chi connectivity index (χ2n) is 3.52. The number of methoxy groups -OCH3 is 1. The molecule has 0 rings (SSSR count). The van der Waals surface area contributed by atoms with E-state index in [0.717, 1.165) is 4.90 Å². The number of carboxylic acids is 1. The van der Waals surface area contributed by atoms with Gasteiger partial charge in [0.1, 0.15) is 6.04 Å². The molecule has 2 amide bonds. The summed E-state index contributed by atoms with van der Waals surface area (Å²) in [7, 11) is 2.64. The zero-order chi connectivity index (χ0) is 14.1. The van der Waals surface area contributed by atoms with E-state index in [2.05, 4.69) is 16.0 Å². The SMILES string of the molecule is C#CCN(C)C(=O)N[C@@H](CCC(=O)OC)C(=O)O. The van der Waals surface area contributed by atoms with Crippen LogP contribution in [0.3, 0.4) is 0 Å². The van der Waals surface area contributed by atoms with Gasteiger partial charge < -0.3 is 20.1 Å². The Balaban J connectivity index is 4.36. The van der Waals surface area contributed by atoms with Crippen LogP contribution in [-0.4, -0.2) is 54.7 Å². The van der Waals surface area contributed by atoms with Crippen molar-refractivity contribution in [3.8, 4) is 12.3 Å². The summed E-state index contributed by atoms with van der Waals surface area (Å²) < 4.78 is 4.39. The summed E-state index contributed by atoms with van der Waals surface area (Å²) in [5.41, 5.74) is 0. The minimum absolute atomic E-state index is 0.0440. The Morgan fingerprint density at radius 1 is 1.50 bits per heavy atom. The zero-order valence-electron chi connectivity index (χ0n) is 10.3. The van der Waals surface area contributed by atoms with E-state index in [4.69, 9.17) is 11.5 Å². The predicted molar refractivity (Wildman–Crippen MR) is 62.7 cm³/mol. The smallest absolute Gasteiger partial charge is 0.326 e. The Morgan fingerprint density at radius 2 is 2.11 bits per heavy atom. The number of terminal acetylenes is 1. The lowest BCUT2D eigenvalue weighted by atomic mass is 10.1. The minimum atomic E-state index is -1.22. The van der Waals surface area contributed by atoms with Crippen molar-refractivity contribution in [1.29, 1.82) is 0 Å². The minimum Gasteiger partial charge on any atom is -0.480 e. The van der Waals surface area contributed by atoms with Gasteiger partial charge in [0, 0.05) is 13.5 Å². The lowest BCUT2D eigenvalue weighted by Crippen LogP contribution is -2.46. The number of rotatable bonds is 6. The topological polar surface area (TPSA) is 95.9 Å². The molecule has 0 unspecified atom stereocenters. The van der Waals surface area contributed by atoms with Gasteiger partial charge in [0.2, 0.25) is 0 Å². The van der Waals surface area contributed by atoms with Gasteiger partial charge in [0.15, 0.2) is 0 Å². The number of ether oxygens (including phenoxy) is 1. The Hall–Kier alpha value is -2.23. The van der Waals surface area contributed by atoms with E-state index >= 15 is 0 Å². The second kappa shape index (κ2) is 7.95. The quantitative estimate of drug-likeness (QED) is 0.501. The highest BCUT2D eigenvalue weighted by atomic mass is 16.5. The van der Waals surface area contributed by atoms with Crippen molar-refractivity contribution in [2.24, 2.45) is 0 Å². The van der Waals surface area contributed by atoms with Crippen LogP contribution in [0.5, 0.6) is 0 Å². The summed E-state index contributed by atoms with van der Waals surface area (Å²) in [5, 5.41) is 11.2. The van der Waals surface area contributed by atoms with Gasteiger partial charge in [-0.3, -0.25) is 4.79 Å². The summed E-state index contributed by atoms with van der Waals surface area (Å²) in [6, 6.07) is -1.76. The summed E-state index contributed by atoms with van der Waals surface area (Å²) in [6.07, 6.45) is 4.89. The molecule has 18 heavy (non-hydrogen) atoms. The zero-order valence-corrected chi connectivity index (χ0v) is 10.3. The van der Waals surface area contributed by atoms with E-state index in [-0.39, 0.29) is 19.4 Å². The van der Waals surface area contributed by atoms with Gasteiger partial charge in [0.05, 0.1) is 13.7 Å². The average molecular weight is 256 g/mol. The highest BCUT2D eigenvalue weighted by molar-refractivity contribution is 5.83. The number of hydrogen-bond donors (Lipinski definition) is 2. The van der Waals surface area contributed by atoms with Crippen LogP contribution in [0.15, 0.2) is 0 Å². The molecule has 0 saturated carbocycles. The number of carbonyl (C=O) groups excluding carboxylic acids is 2. The normalized spacial score (nSPS) is 10.9. The number of nitrogens with one attached hydrogen (secondary N) is 1. The Kier molecular flexibility index (Phi) is 6.96. The lowest BCUT2D eigenvalue weighted by molar-refractivity contribution is -0.142. The van der Waals surface area contributed by atoms with Gasteiger partial charge in [-0.1, -0.05) is 5.92 Å². The number of carbonyl (C=O) groups is 3. The molecule has 0 spiro atoms. The van der Waals surface area contributed by atoms with Gasteiger partial charge in [-0.2, -0.15) is 0 Å². The number of nitrogens with zero attached hydrogens (tertiary/aromatic N) is 1. The van der Waals surface area contributed by atoms with E-state index in [0.29, 0.717) is 0 Å². The third kappa shape index (κ3) is 5.75. The molecule has 0 aromatic rings. The first-order valence-corrected chi connectivity index (χ1v) is 5.17. The van der Waals surface area contributed by atoms with E-state index in [9.17, 15) is 14.4 Å². The van der Waals surface area contributed by atoms with Crippen molar-refractivity contribution in [2.45, 2.75) is 18.9 Å². The van der Waals surface area contributed by atoms with Crippen molar-refractivity contribution in [3.05, 3.63) is 0 Å². The number of aliphatic carboxylic acids is 1. The van der Waals surface area contributed by atoms with Gasteiger partial charge >= 0.3 is 18.0 Å². The highest BCUT2D eigenvalue weighted by Crippen LogP contribution is 2.00. The molecule has 0 bridgehead atoms. The van der Waals surface area contributed by atoms with Crippen molar-refractivity contribution >= 4 is 18.0 Å². The molecule has 0 aliphatic heterocycles. The number of hydrogen-bond acceptors (Lipinski definition) is 4. The van der Waals surface area contributed by atoms with Crippen LogP contribution in [0.2, 0.25) is 0 Å². The lowest BCUT2D eigenvalue weighted by Gasteiger charge is -2.19. The fourth-order valence-electron chi connectivity index (χ4n) is 1.09. The number of urea groups is 1. The molecule has 7 nitrogen and oxygen atoms in total. The summed E-state index contributed by atoms with van der Waals surface area (Å²) in [6.45, 7) is 0.0647. The second-order valence-corrected chi connectivity index (χ2v) is 3.52. The molecule has 0 aliphatic rings. The summed E-state index contributed by atoms with van der Waals surface area (Å²) in [4.78, 5) is 34.4. The van der Waals surface area contributed by atoms with E-state index in [1.807, 2.05) is 0 Å². The fraction of sp³-hybridized carbons (Fsp3) is 0.545. The molecule has 0 aromatic carbocycles. The largest absolute Gasteiger partial charge is 0.480 e. The van der Waals surface area contributed by atoms with Crippen LogP contribution in [0.4, 0.5) is 4.79 Å². The Morgan fingerprint density at radius 3 is 2.56 bits per heavy atom. The monoisotopic (exact) mass is 256 g/mol. The number of esters is 1. The molecule has 0 aliphatic carbocycles. The third-order valence-corrected chi connectivity index (χ3v) is 2.14. The summed E-state index contributed by atoms with van der Waals surface area (Å²) in [5.74, 6) is 0.498. The molecule has 0 radical (unpaired) electrons. The number of amides is 2. The van der Waals surface area contributed by atoms with Crippen LogP contribution in [0.25, 0.3) is 0 Å². The molecule has 1 atom stereocenters. The molecule has 2 N–H and O–H groups in total. The molecule has 0 saturated heterocycles. The Bertz CT molecular complexity index is 361. The van der Waals surface area contributed by atoms with Gasteiger partial charge in [0.25, 0.3) is 0 Å². The van der Waals surface area contributed by atoms with Crippen molar-refractivity contribution < 1.29 is 24.2 Å². The molecule has 7 heteroatoms. The molecular formula is C11H16N2O5. The molecule has 100 valence electrons. The van der Waals surface area contributed by atoms with Crippen molar-refractivity contribution in [1.82, 2.24) is 10.2 Å².